The number of rotatable bonds is 4. The average Bonchev–Trinajstić information content (AvgIpc) is 3.60. The molecule has 0 saturated heterocycles. The van der Waals surface area contributed by atoms with Crippen LogP contribution < -0.4 is 5.56 Å². The molecule has 3 aliphatic rings. The average molecular weight is 474 g/mol. The fourth-order valence-corrected chi connectivity index (χ4v) is 4.79. The van der Waals surface area contributed by atoms with Crippen LogP contribution in [0.1, 0.15) is 41.9 Å². The number of amides is 1. The van der Waals surface area contributed by atoms with Gasteiger partial charge in [-0.1, -0.05) is 23.7 Å². The molecule has 1 amide bonds. The third-order valence-electron chi connectivity index (χ3n) is 6.66. The van der Waals surface area contributed by atoms with E-state index in [4.69, 9.17) is 16.6 Å². The zero-order valence-corrected chi connectivity index (χ0v) is 18.4. The number of hydrogen-bond acceptors (Lipinski definition) is 4. The number of aliphatic hydroxyl groups excluding tert-OH is 1. The van der Waals surface area contributed by atoms with Gasteiger partial charge in [0, 0.05) is 24.4 Å². The number of halogens is 3. The van der Waals surface area contributed by atoms with Crippen molar-refractivity contribution in [1.29, 1.82) is 0 Å². The summed E-state index contributed by atoms with van der Waals surface area (Å²) in [5.74, 6) is -0.892. The van der Waals surface area contributed by atoms with Gasteiger partial charge in [0.05, 0.1) is 23.2 Å². The molecule has 2 aromatic rings. The Kier molecular flexibility index (Phi) is 5.45. The van der Waals surface area contributed by atoms with E-state index in [-0.39, 0.29) is 36.1 Å². The molecular weight excluding hydrogens is 452 g/mol. The zero-order chi connectivity index (χ0) is 23.3. The molecule has 1 saturated carbocycles. The van der Waals surface area contributed by atoms with Gasteiger partial charge in [-0.05, 0) is 48.3 Å². The topological polar surface area (TPSA) is 86.3 Å². The lowest BCUT2D eigenvalue weighted by atomic mass is 9.94. The molecule has 33 heavy (non-hydrogen) atoms. The van der Waals surface area contributed by atoms with E-state index < -0.39 is 24.0 Å². The molecule has 6 nitrogen and oxygen atoms in total. The molecule has 1 fully saturated rings. The minimum Gasteiger partial charge on any atom is -0.379 e. The lowest BCUT2D eigenvalue weighted by Gasteiger charge is -2.31. The van der Waals surface area contributed by atoms with E-state index in [1.165, 1.54) is 4.90 Å². The minimum absolute atomic E-state index is 0.0145. The Hall–Kier alpha value is -2.84. The monoisotopic (exact) mass is 473 g/mol. The molecular formula is C24H22ClF2N3O3. The molecule has 0 radical (unpaired) electrons. The maximum absolute atomic E-state index is 13.6. The quantitative estimate of drug-likeness (QED) is 0.713. The van der Waals surface area contributed by atoms with E-state index in [0.717, 1.165) is 30.6 Å². The van der Waals surface area contributed by atoms with Gasteiger partial charge in [0.2, 0.25) is 0 Å². The van der Waals surface area contributed by atoms with Crippen molar-refractivity contribution in [3.63, 3.8) is 0 Å². The van der Waals surface area contributed by atoms with Gasteiger partial charge in [0.1, 0.15) is 17.8 Å². The van der Waals surface area contributed by atoms with Crippen LogP contribution in [-0.2, 0) is 23.2 Å². The SMILES string of the molecule is O=C(C(O)C1=CC(F)=CC(F)C1)N1CCc2nc(C3(c4ccc(Cl)cc4)CC3)[nH]c(=O)c2C1. The number of aliphatic hydroxyl groups is 1. The molecule has 2 heterocycles. The molecule has 9 heteroatoms. The third-order valence-corrected chi connectivity index (χ3v) is 6.91. The van der Waals surface area contributed by atoms with Gasteiger partial charge in [-0.3, -0.25) is 9.59 Å². The van der Waals surface area contributed by atoms with Gasteiger partial charge < -0.3 is 15.0 Å². The van der Waals surface area contributed by atoms with Gasteiger partial charge in [-0.25, -0.2) is 13.8 Å². The van der Waals surface area contributed by atoms with E-state index in [9.17, 15) is 23.5 Å². The molecule has 2 unspecified atom stereocenters. The van der Waals surface area contributed by atoms with Gasteiger partial charge in [-0.15, -0.1) is 0 Å². The molecule has 2 aliphatic carbocycles. The highest BCUT2D eigenvalue weighted by Crippen LogP contribution is 2.52. The Morgan fingerprint density at radius 3 is 2.70 bits per heavy atom. The van der Waals surface area contributed by atoms with Crippen LogP contribution in [0, 0.1) is 0 Å². The van der Waals surface area contributed by atoms with Crippen molar-refractivity contribution in [3.05, 3.63) is 85.8 Å². The van der Waals surface area contributed by atoms with Crippen LogP contribution in [0.5, 0.6) is 0 Å². The van der Waals surface area contributed by atoms with Crippen molar-refractivity contribution >= 4 is 17.5 Å². The summed E-state index contributed by atoms with van der Waals surface area (Å²) in [6.07, 6.45) is 0.376. The number of H-pyrrole nitrogens is 1. The standard InChI is InChI=1S/C24H22ClF2N3O3/c25-15-3-1-14(2-4-15)24(6-7-24)23-28-19-5-8-30(12-18(19)21(32)29-23)22(33)20(31)13-9-16(26)11-17(27)10-13/h1-4,9,11,17,20,31H,5-8,10,12H2,(H,28,29,32). The fourth-order valence-electron chi connectivity index (χ4n) is 4.66. The first kappa shape index (κ1) is 22.0. The van der Waals surface area contributed by atoms with Crippen molar-refractivity contribution in [2.45, 2.75) is 49.9 Å². The number of hydrogen-bond donors (Lipinski definition) is 2. The zero-order valence-electron chi connectivity index (χ0n) is 17.7. The number of benzene rings is 1. The first-order valence-electron chi connectivity index (χ1n) is 10.8. The van der Waals surface area contributed by atoms with Crippen molar-refractivity contribution in [2.24, 2.45) is 0 Å². The number of fused-ring (bicyclic) bond motifs is 1. The van der Waals surface area contributed by atoms with Gasteiger partial charge in [0.25, 0.3) is 11.5 Å². The number of aromatic nitrogens is 2. The summed E-state index contributed by atoms with van der Waals surface area (Å²) in [6, 6.07) is 7.51. The summed E-state index contributed by atoms with van der Waals surface area (Å²) in [4.78, 5) is 34.7. The van der Waals surface area contributed by atoms with Crippen LogP contribution in [0.2, 0.25) is 5.02 Å². The summed E-state index contributed by atoms with van der Waals surface area (Å²) >= 11 is 6.01. The summed E-state index contributed by atoms with van der Waals surface area (Å²) in [5.41, 5.74) is 1.36. The second-order valence-electron chi connectivity index (χ2n) is 8.83. The first-order valence-corrected chi connectivity index (χ1v) is 11.2. The lowest BCUT2D eigenvalue weighted by molar-refractivity contribution is -0.139. The Labute approximate surface area is 193 Å². The Bertz CT molecular complexity index is 1230. The number of carbonyl (C=O) groups is 1. The summed E-state index contributed by atoms with van der Waals surface area (Å²) in [7, 11) is 0. The van der Waals surface area contributed by atoms with E-state index in [0.29, 0.717) is 28.5 Å². The molecule has 0 spiro atoms. The van der Waals surface area contributed by atoms with Crippen molar-refractivity contribution in [1.82, 2.24) is 14.9 Å². The van der Waals surface area contributed by atoms with E-state index in [1.807, 2.05) is 24.3 Å². The first-order chi connectivity index (χ1) is 15.8. The van der Waals surface area contributed by atoms with Crippen LogP contribution >= 0.6 is 11.6 Å². The predicted octanol–water partition coefficient (Wildman–Crippen LogP) is 3.27. The molecule has 1 aromatic heterocycles. The van der Waals surface area contributed by atoms with Crippen molar-refractivity contribution in [2.75, 3.05) is 6.54 Å². The molecule has 0 bridgehead atoms. The summed E-state index contributed by atoms with van der Waals surface area (Å²) in [5, 5.41) is 11.1. The Morgan fingerprint density at radius 2 is 2.03 bits per heavy atom. The Balaban J connectivity index is 1.37. The van der Waals surface area contributed by atoms with Crippen LogP contribution in [0.15, 0.2) is 52.6 Å². The fraction of sp³-hybridized carbons (Fsp3) is 0.375. The normalized spacial score (nSPS) is 22.2. The highest BCUT2D eigenvalue weighted by molar-refractivity contribution is 6.30. The van der Waals surface area contributed by atoms with E-state index in [2.05, 4.69) is 4.98 Å². The second-order valence-corrected chi connectivity index (χ2v) is 9.27. The van der Waals surface area contributed by atoms with Crippen LogP contribution in [0.4, 0.5) is 8.78 Å². The number of carbonyl (C=O) groups excluding carboxylic acids is 1. The number of allylic oxidation sites excluding steroid dienone is 3. The molecule has 2 atom stereocenters. The minimum atomic E-state index is -1.66. The number of nitrogens with one attached hydrogen (secondary N) is 1. The Morgan fingerprint density at radius 1 is 1.30 bits per heavy atom. The van der Waals surface area contributed by atoms with Gasteiger partial charge in [0.15, 0.2) is 6.10 Å². The lowest BCUT2D eigenvalue weighted by Crippen LogP contribution is -2.45. The maximum atomic E-state index is 13.6. The predicted molar refractivity (Wildman–Crippen MR) is 118 cm³/mol. The molecule has 172 valence electrons. The van der Waals surface area contributed by atoms with Crippen LogP contribution in [0.25, 0.3) is 0 Å². The highest BCUT2D eigenvalue weighted by atomic mass is 35.5. The second kappa shape index (κ2) is 8.18. The van der Waals surface area contributed by atoms with Gasteiger partial charge in [-0.2, -0.15) is 0 Å². The van der Waals surface area contributed by atoms with Crippen LogP contribution in [-0.4, -0.2) is 44.7 Å². The van der Waals surface area contributed by atoms with E-state index >= 15 is 0 Å². The molecule has 1 aliphatic heterocycles. The number of alkyl halides is 1. The smallest absolute Gasteiger partial charge is 0.256 e. The largest absolute Gasteiger partial charge is 0.379 e. The maximum Gasteiger partial charge on any atom is 0.256 e. The third kappa shape index (κ3) is 4.02. The molecule has 1 aromatic carbocycles. The van der Waals surface area contributed by atoms with Crippen molar-refractivity contribution in [3.8, 4) is 0 Å². The van der Waals surface area contributed by atoms with E-state index in [1.54, 1.807) is 0 Å². The van der Waals surface area contributed by atoms with Gasteiger partial charge >= 0.3 is 0 Å². The highest BCUT2D eigenvalue weighted by Gasteiger charge is 2.48. The summed E-state index contributed by atoms with van der Waals surface area (Å²) in [6.45, 7) is 0.226. The van der Waals surface area contributed by atoms with Crippen molar-refractivity contribution < 1.29 is 18.7 Å². The molecule has 2 N–H and O–H groups in total. The molecule has 5 rings (SSSR count). The number of aromatic amines is 1. The summed E-state index contributed by atoms with van der Waals surface area (Å²) < 4.78 is 27.2. The van der Waals surface area contributed by atoms with Crippen LogP contribution in [0.3, 0.4) is 0 Å². The number of nitrogens with zero attached hydrogens (tertiary/aromatic N) is 2.